The van der Waals surface area contributed by atoms with Gasteiger partial charge in [-0.1, -0.05) is 47.0 Å². The second-order valence-corrected chi connectivity index (χ2v) is 8.08. The molecule has 4 nitrogen and oxygen atoms in total. The largest absolute Gasteiger partial charge is 0.396 e. The lowest BCUT2D eigenvalue weighted by Crippen LogP contribution is -2.32. The third-order valence-electron chi connectivity index (χ3n) is 4.17. The van der Waals surface area contributed by atoms with E-state index in [0.717, 1.165) is 22.9 Å². The number of carbonyl (C=O) groups excluding carboxylic acids is 2. The molecular formula is C20H17Cl2NO3S. The van der Waals surface area contributed by atoms with Crippen LogP contribution < -0.4 is 4.90 Å². The van der Waals surface area contributed by atoms with Crippen LogP contribution in [0, 0.1) is 13.8 Å². The van der Waals surface area contributed by atoms with Crippen LogP contribution in [0.3, 0.4) is 0 Å². The maximum absolute atomic E-state index is 13.2. The normalized spacial score (nSPS) is 14.5. The molecule has 2 amide bonds. The summed E-state index contributed by atoms with van der Waals surface area (Å²) in [4.78, 5) is 27.8. The lowest BCUT2D eigenvalue weighted by Gasteiger charge is -2.18. The van der Waals surface area contributed by atoms with Crippen molar-refractivity contribution >= 4 is 58.0 Å². The molecule has 27 heavy (non-hydrogen) atoms. The number of benzene rings is 2. The average molecular weight is 422 g/mol. The van der Waals surface area contributed by atoms with Gasteiger partial charge in [-0.25, -0.2) is 4.90 Å². The van der Waals surface area contributed by atoms with E-state index in [1.54, 1.807) is 18.2 Å². The number of halogens is 2. The third-order valence-corrected chi connectivity index (χ3v) is 5.77. The fourth-order valence-corrected chi connectivity index (χ4v) is 4.35. The van der Waals surface area contributed by atoms with E-state index in [-0.39, 0.29) is 17.1 Å². The molecule has 1 aliphatic rings. The lowest BCUT2D eigenvalue weighted by atomic mass is 10.1. The van der Waals surface area contributed by atoms with Gasteiger partial charge in [0.25, 0.3) is 11.8 Å². The summed E-state index contributed by atoms with van der Waals surface area (Å²) in [7, 11) is 0. The molecule has 1 aliphatic heterocycles. The average Bonchev–Trinajstić information content (AvgIpc) is 2.84. The minimum absolute atomic E-state index is 0.110. The summed E-state index contributed by atoms with van der Waals surface area (Å²) >= 11 is 13.4. The third kappa shape index (κ3) is 3.78. The van der Waals surface area contributed by atoms with Crippen molar-refractivity contribution in [1.82, 2.24) is 0 Å². The van der Waals surface area contributed by atoms with Crippen molar-refractivity contribution in [2.75, 3.05) is 17.3 Å². The molecule has 1 N–H and O–H groups in total. The van der Waals surface area contributed by atoms with E-state index in [1.165, 1.54) is 11.0 Å². The Morgan fingerprint density at radius 1 is 1.04 bits per heavy atom. The fraction of sp³-hybridized carbons (Fsp3) is 0.200. The number of aliphatic hydroxyl groups is 1. The number of thioether (sulfide) groups is 1. The molecule has 140 valence electrons. The van der Waals surface area contributed by atoms with E-state index in [1.807, 2.05) is 26.0 Å². The summed E-state index contributed by atoms with van der Waals surface area (Å²) < 4.78 is 0. The number of nitrogens with zero attached hydrogens (tertiary/aromatic N) is 1. The molecule has 3 rings (SSSR count). The Bertz CT molecular complexity index is 972. The van der Waals surface area contributed by atoms with Crippen molar-refractivity contribution in [2.45, 2.75) is 13.8 Å². The molecule has 7 heteroatoms. The summed E-state index contributed by atoms with van der Waals surface area (Å²) in [5.74, 6) is -0.549. The first-order valence-corrected chi connectivity index (χ1v) is 9.98. The van der Waals surface area contributed by atoms with Gasteiger partial charge in [0.1, 0.15) is 0 Å². The standard InChI is InChI=1S/C20H17Cl2NO3S/c1-11-3-6-16(12(2)9-11)23-19(25)17(18(20(23)26)27-8-7-24)14-5-4-13(21)10-15(14)22/h3-6,9-10,24H,7-8H2,1-2H3. The Hall–Kier alpha value is -1.79. The highest BCUT2D eigenvalue weighted by atomic mass is 35.5. The fourth-order valence-electron chi connectivity index (χ4n) is 3.00. The van der Waals surface area contributed by atoms with Crippen molar-refractivity contribution < 1.29 is 14.7 Å². The highest BCUT2D eigenvalue weighted by Gasteiger charge is 2.41. The van der Waals surface area contributed by atoms with Gasteiger partial charge in [-0.2, -0.15) is 0 Å². The Labute approximate surface area is 171 Å². The first-order valence-electron chi connectivity index (χ1n) is 8.24. The van der Waals surface area contributed by atoms with Crippen LogP contribution in [-0.4, -0.2) is 29.3 Å². The summed E-state index contributed by atoms with van der Waals surface area (Å²) in [5.41, 5.74) is 3.09. The minimum atomic E-state index is -0.434. The summed E-state index contributed by atoms with van der Waals surface area (Å²) in [5, 5.41) is 9.92. The van der Waals surface area contributed by atoms with Gasteiger partial charge in [-0.3, -0.25) is 9.59 Å². The Balaban J connectivity index is 2.14. The molecule has 0 fully saturated rings. The zero-order chi connectivity index (χ0) is 19.7. The molecule has 0 atom stereocenters. The van der Waals surface area contributed by atoms with Crippen LogP contribution in [0.2, 0.25) is 10.0 Å². The highest BCUT2D eigenvalue weighted by Crippen LogP contribution is 2.41. The second kappa shape index (κ2) is 8.07. The van der Waals surface area contributed by atoms with E-state index < -0.39 is 11.8 Å². The Morgan fingerprint density at radius 3 is 2.41 bits per heavy atom. The van der Waals surface area contributed by atoms with Gasteiger partial charge in [-0.05, 0) is 37.6 Å². The number of anilines is 1. The minimum Gasteiger partial charge on any atom is -0.396 e. The number of carbonyl (C=O) groups is 2. The van der Waals surface area contributed by atoms with E-state index in [0.29, 0.717) is 27.0 Å². The summed E-state index contributed by atoms with van der Waals surface area (Å²) in [6.07, 6.45) is 0. The molecule has 0 unspecified atom stereocenters. The van der Waals surface area contributed by atoms with Gasteiger partial charge in [0.05, 0.1) is 27.8 Å². The Morgan fingerprint density at radius 2 is 1.78 bits per heavy atom. The van der Waals surface area contributed by atoms with Crippen molar-refractivity contribution in [3.8, 4) is 0 Å². The smallest absolute Gasteiger partial charge is 0.272 e. The van der Waals surface area contributed by atoms with Gasteiger partial charge in [0.2, 0.25) is 0 Å². The van der Waals surface area contributed by atoms with Crippen molar-refractivity contribution in [1.29, 1.82) is 0 Å². The number of amides is 2. The van der Waals surface area contributed by atoms with Gasteiger partial charge < -0.3 is 5.11 Å². The van der Waals surface area contributed by atoms with Crippen LogP contribution in [0.4, 0.5) is 5.69 Å². The molecular weight excluding hydrogens is 405 g/mol. The maximum Gasteiger partial charge on any atom is 0.272 e. The predicted molar refractivity (Wildman–Crippen MR) is 111 cm³/mol. The van der Waals surface area contributed by atoms with Crippen molar-refractivity contribution in [2.24, 2.45) is 0 Å². The molecule has 0 bridgehead atoms. The Kier molecular flexibility index (Phi) is 5.96. The zero-order valence-corrected chi connectivity index (χ0v) is 17.1. The van der Waals surface area contributed by atoms with Crippen LogP contribution in [0.25, 0.3) is 5.57 Å². The van der Waals surface area contributed by atoms with Gasteiger partial charge >= 0.3 is 0 Å². The SMILES string of the molecule is Cc1ccc(N2C(=O)C(SCCO)=C(c3ccc(Cl)cc3Cl)C2=O)c(C)c1. The van der Waals surface area contributed by atoms with Crippen molar-refractivity contribution in [3.63, 3.8) is 0 Å². The molecule has 0 spiro atoms. The van der Waals surface area contributed by atoms with E-state index >= 15 is 0 Å². The predicted octanol–water partition coefficient (Wildman–Crippen LogP) is 4.62. The number of hydrogen-bond acceptors (Lipinski definition) is 4. The zero-order valence-electron chi connectivity index (χ0n) is 14.8. The van der Waals surface area contributed by atoms with E-state index in [4.69, 9.17) is 23.2 Å². The summed E-state index contributed by atoms with van der Waals surface area (Å²) in [6.45, 7) is 3.70. The van der Waals surface area contributed by atoms with Gasteiger partial charge in [-0.15, -0.1) is 11.8 Å². The quantitative estimate of drug-likeness (QED) is 0.715. The van der Waals surface area contributed by atoms with Crippen LogP contribution >= 0.6 is 35.0 Å². The first-order chi connectivity index (χ1) is 12.8. The van der Waals surface area contributed by atoms with Crippen LogP contribution in [0.5, 0.6) is 0 Å². The highest BCUT2D eigenvalue weighted by molar-refractivity contribution is 8.04. The van der Waals surface area contributed by atoms with Gasteiger partial charge in [0, 0.05) is 16.3 Å². The van der Waals surface area contributed by atoms with Crippen LogP contribution in [-0.2, 0) is 9.59 Å². The number of rotatable bonds is 5. The molecule has 0 radical (unpaired) electrons. The molecule has 0 saturated heterocycles. The molecule has 0 aliphatic carbocycles. The first kappa shape index (κ1) is 20.0. The molecule has 2 aromatic rings. The molecule has 2 aromatic carbocycles. The number of aryl methyl sites for hydroxylation is 2. The van der Waals surface area contributed by atoms with Crippen molar-refractivity contribution in [3.05, 3.63) is 68.0 Å². The van der Waals surface area contributed by atoms with E-state index in [2.05, 4.69) is 0 Å². The van der Waals surface area contributed by atoms with Gasteiger partial charge in [0.15, 0.2) is 0 Å². The monoisotopic (exact) mass is 421 g/mol. The van der Waals surface area contributed by atoms with E-state index in [9.17, 15) is 14.7 Å². The molecule has 1 heterocycles. The number of imide groups is 1. The summed E-state index contributed by atoms with van der Waals surface area (Å²) in [6, 6.07) is 10.3. The topological polar surface area (TPSA) is 57.6 Å². The number of aliphatic hydroxyl groups excluding tert-OH is 1. The van der Waals surface area contributed by atoms with Crippen LogP contribution in [0.15, 0.2) is 41.3 Å². The number of hydrogen-bond donors (Lipinski definition) is 1. The molecule has 0 saturated carbocycles. The molecule has 0 aromatic heterocycles. The maximum atomic E-state index is 13.2. The second-order valence-electron chi connectivity index (χ2n) is 6.14. The van der Waals surface area contributed by atoms with Crippen LogP contribution in [0.1, 0.15) is 16.7 Å². The lowest BCUT2D eigenvalue weighted by molar-refractivity contribution is -0.119.